The number of likely N-dealkylation sites (tertiary alicyclic amines) is 1. The summed E-state index contributed by atoms with van der Waals surface area (Å²) >= 11 is 3.22. The molecule has 1 aliphatic rings. The summed E-state index contributed by atoms with van der Waals surface area (Å²) in [5.74, 6) is 0.276. The maximum atomic E-state index is 11.4. The van der Waals surface area contributed by atoms with Crippen molar-refractivity contribution in [3.8, 4) is 0 Å². The number of carbonyl (C=O) groups is 1. The van der Waals surface area contributed by atoms with Gasteiger partial charge in [-0.15, -0.1) is 0 Å². The molecule has 1 heterocycles. The highest BCUT2D eigenvalue weighted by molar-refractivity contribution is 9.10. The molecule has 4 heteroatoms. The second-order valence-corrected chi connectivity index (χ2v) is 4.78. The van der Waals surface area contributed by atoms with Crippen molar-refractivity contribution in [3.05, 3.63) is 0 Å². The van der Waals surface area contributed by atoms with Crippen LogP contribution in [0, 0.1) is 5.92 Å². The van der Waals surface area contributed by atoms with Gasteiger partial charge in [0.2, 0.25) is 5.91 Å². The summed E-state index contributed by atoms with van der Waals surface area (Å²) in [6.07, 6.45) is -0.347. The number of carbonyl (C=O) groups excluding carboxylic acids is 1. The maximum Gasteiger partial charge on any atom is 0.236 e. The Labute approximate surface area is 80.9 Å². The van der Waals surface area contributed by atoms with Gasteiger partial charge in [0, 0.05) is 19.0 Å². The van der Waals surface area contributed by atoms with Crippen molar-refractivity contribution < 1.29 is 9.90 Å². The largest absolute Gasteiger partial charge is 0.391 e. The highest BCUT2D eigenvalue weighted by atomic mass is 79.9. The zero-order chi connectivity index (χ0) is 9.30. The first kappa shape index (κ1) is 9.99. The topological polar surface area (TPSA) is 40.5 Å². The number of nitrogens with zero attached hydrogens (tertiary/aromatic N) is 1. The molecular weight excluding hydrogens is 222 g/mol. The Kier molecular flexibility index (Phi) is 3.12. The van der Waals surface area contributed by atoms with Gasteiger partial charge in [0.05, 0.1) is 10.9 Å². The van der Waals surface area contributed by atoms with Crippen LogP contribution < -0.4 is 0 Å². The molecule has 0 aromatic carbocycles. The lowest BCUT2D eigenvalue weighted by atomic mass is 10.1. The van der Waals surface area contributed by atoms with E-state index in [-0.39, 0.29) is 22.8 Å². The van der Waals surface area contributed by atoms with Crippen LogP contribution in [0.3, 0.4) is 0 Å². The maximum absolute atomic E-state index is 11.4. The van der Waals surface area contributed by atoms with Gasteiger partial charge in [0.15, 0.2) is 0 Å². The third kappa shape index (κ3) is 1.98. The van der Waals surface area contributed by atoms with Crippen LogP contribution in [0.2, 0.25) is 0 Å². The van der Waals surface area contributed by atoms with Gasteiger partial charge in [-0.2, -0.15) is 0 Å². The first-order valence-corrected chi connectivity index (χ1v) is 5.05. The summed E-state index contributed by atoms with van der Waals surface area (Å²) < 4.78 is 0. The van der Waals surface area contributed by atoms with Gasteiger partial charge in [0.1, 0.15) is 0 Å². The van der Waals surface area contributed by atoms with Crippen LogP contribution in [0.25, 0.3) is 0 Å². The number of alkyl halides is 1. The summed E-state index contributed by atoms with van der Waals surface area (Å²) in [7, 11) is 0. The van der Waals surface area contributed by atoms with Gasteiger partial charge in [-0.05, 0) is 6.92 Å². The van der Waals surface area contributed by atoms with Gasteiger partial charge in [-0.3, -0.25) is 4.79 Å². The Balaban J connectivity index is 2.52. The molecule has 3 nitrogen and oxygen atoms in total. The summed E-state index contributed by atoms with van der Waals surface area (Å²) in [6, 6.07) is 0. The van der Waals surface area contributed by atoms with E-state index >= 15 is 0 Å². The molecule has 1 N–H and O–H groups in total. The number of hydrogen-bond donors (Lipinski definition) is 1. The van der Waals surface area contributed by atoms with E-state index in [0.29, 0.717) is 13.1 Å². The smallest absolute Gasteiger partial charge is 0.236 e. The monoisotopic (exact) mass is 235 g/mol. The number of amides is 1. The van der Waals surface area contributed by atoms with Crippen LogP contribution in [-0.4, -0.2) is 39.9 Å². The minimum absolute atomic E-state index is 0.0680. The fourth-order valence-corrected chi connectivity index (χ4v) is 1.67. The summed E-state index contributed by atoms with van der Waals surface area (Å²) in [5, 5.41) is 9.39. The molecule has 0 aromatic rings. The molecule has 3 atom stereocenters. The molecule has 0 aromatic heterocycles. The second-order valence-electron chi connectivity index (χ2n) is 3.40. The van der Waals surface area contributed by atoms with Crippen LogP contribution in [-0.2, 0) is 4.79 Å². The number of hydrogen-bond acceptors (Lipinski definition) is 2. The van der Waals surface area contributed by atoms with Crippen molar-refractivity contribution in [2.75, 3.05) is 13.1 Å². The van der Waals surface area contributed by atoms with Gasteiger partial charge in [-0.25, -0.2) is 0 Å². The fraction of sp³-hybridized carbons (Fsp3) is 0.875. The first-order chi connectivity index (χ1) is 5.52. The van der Waals surface area contributed by atoms with E-state index in [1.165, 1.54) is 0 Å². The average molecular weight is 236 g/mol. The molecule has 12 heavy (non-hydrogen) atoms. The normalized spacial score (nSPS) is 32.2. The Morgan fingerprint density at radius 2 is 2.25 bits per heavy atom. The van der Waals surface area contributed by atoms with Crippen molar-refractivity contribution in [2.24, 2.45) is 5.92 Å². The molecule has 0 bridgehead atoms. The standard InChI is InChI=1S/C8H14BrNO2/c1-5-3-10(4-7(5)11)8(12)6(2)9/h5-7,11H,3-4H2,1-2H3. The fourth-order valence-electron chi connectivity index (χ4n) is 1.38. The predicted octanol–water partition coefficient (Wildman–Crippen LogP) is 0.609. The number of β-amino-alcohol motifs (C(OH)–C–C–N with tert-alkyl or cyclic N) is 1. The van der Waals surface area contributed by atoms with E-state index in [1.807, 2.05) is 6.92 Å². The number of rotatable bonds is 1. The third-order valence-corrected chi connectivity index (χ3v) is 2.62. The van der Waals surface area contributed by atoms with Crippen molar-refractivity contribution in [1.29, 1.82) is 0 Å². The molecule has 1 fully saturated rings. The molecule has 1 amide bonds. The van der Waals surface area contributed by atoms with Crippen LogP contribution in [0.15, 0.2) is 0 Å². The highest BCUT2D eigenvalue weighted by Crippen LogP contribution is 2.18. The SMILES string of the molecule is CC(Br)C(=O)N1CC(C)C(O)C1. The lowest BCUT2D eigenvalue weighted by Gasteiger charge is -2.16. The molecule has 0 radical (unpaired) electrons. The molecule has 1 aliphatic heterocycles. The lowest BCUT2D eigenvalue weighted by molar-refractivity contribution is -0.129. The van der Waals surface area contributed by atoms with Crippen molar-refractivity contribution in [3.63, 3.8) is 0 Å². The molecule has 1 rings (SSSR count). The van der Waals surface area contributed by atoms with Gasteiger partial charge < -0.3 is 10.0 Å². The first-order valence-electron chi connectivity index (χ1n) is 4.13. The molecule has 0 aliphatic carbocycles. The molecule has 0 saturated carbocycles. The van der Waals surface area contributed by atoms with E-state index < -0.39 is 0 Å². The lowest BCUT2D eigenvalue weighted by Crippen LogP contribution is -2.34. The van der Waals surface area contributed by atoms with E-state index in [9.17, 15) is 9.90 Å². The Morgan fingerprint density at radius 1 is 1.67 bits per heavy atom. The summed E-state index contributed by atoms with van der Waals surface area (Å²) in [4.78, 5) is 13.0. The Hall–Kier alpha value is -0.0900. The number of aliphatic hydroxyl groups is 1. The van der Waals surface area contributed by atoms with Crippen LogP contribution in [0.1, 0.15) is 13.8 Å². The number of aliphatic hydroxyl groups excluding tert-OH is 1. The minimum Gasteiger partial charge on any atom is -0.391 e. The van der Waals surface area contributed by atoms with Crippen LogP contribution in [0.4, 0.5) is 0 Å². The quantitative estimate of drug-likeness (QED) is 0.677. The van der Waals surface area contributed by atoms with E-state index in [2.05, 4.69) is 15.9 Å². The van der Waals surface area contributed by atoms with Crippen LogP contribution >= 0.6 is 15.9 Å². The van der Waals surface area contributed by atoms with Gasteiger partial charge in [0.25, 0.3) is 0 Å². The average Bonchev–Trinajstić information content (AvgIpc) is 2.30. The van der Waals surface area contributed by atoms with Crippen molar-refractivity contribution >= 4 is 21.8 Å². The molecule has 1 saturated heterocycles. The van der Waals surface area contributed by atoms with E-state index in [4.69, 9.17) is 0 Å². The minimum atomic E-state index is -0.347. The van der Waals surface area contributed by atoms with Crippen LogP contribution in [0.5, 0.6) is 0 Å². The second kappa shape index (κ2) is 3.75. The van der Waals surface area contributed by atoms with E-state index in [1.54, 1.807) is 11.8 Å². The molecular formula is C8H14BrNO2. The van der Waals surface area contributed by atoms with Crippen molar-refractivity contribution in [2.45, 2.75) is 24.8 Å². The highest BCUT2D eigenvalue weighted by Gasteiger charge is 2.31. The third-order valence-electron chi connectivity index (χ3n) is 2.22. The van der Waals surface area contributed by atoms with Gasteiger partial charge >= 0.3 is 0 Å². The summed E-state index contributed by atoms with van der Waals surface area (Å²) in [6.45, 7) is 4.92. The predicted molar refractivity (Wildman–Crippen MR) is 50.1 cm³/mol. The zero-order valence-corrected chi connectivity index (χ0v) is 8.91. The van der Waals surface area contributed by atoms with Crippen molar-refractivity contribution in [1.82, 2.24) is 4.90 Å². The van der Waals surface area contributed by atoms with Gasteiger partial charge in [-0.1, -0.05) is 22.9 Å². The number of halogens is 1. The Morgan fingerprint density at radius 3 is 2.58 bits per heavy atom. The van der Waals surface area contributed by atoms with E-state index in [0.717, 1.165) is 0 Å². The summed E-state index contributed by atoms with van der Waals surface area (Å²) in [5.41, 5.74) is 0. The molecule has 0 spiro atoms. The molecule has 70 valence electrons. The Bertz CT molecular complexity index is 174. The molecule has 3 unspecified atom stereocenters. The zero-order valence-electron chi connectivity index (χ0n) is 7.33.